The van der Waals surface area contributed by atoms with Crippen molar-refractivity contribution in [3.8, 4) is 16.9 Å². The summed E-state index contributed by atoms with van der Waals surface area (Å²) in [5, 5.41) is 14.3. The third-order valence-corrected chi connectivity index (χ3v) is 5.89. The number of benzene rings is 2. The Morgan fingerprint density at radius 1 is 1.10 bits per heavy atom. The predicted octanol–water partition coefficient (Wildman–Crippen LogP) is 5.32. The van der Waals surface area contributed by atoms with Gasteiger partial charge in [-0.1, -0.05) is 31.2 Å². The van der Waals surface area contributed by atoms with Gasteiger partial charge in [0.1, 0.15) is 10.4 Å². The fraction of sp³-hybridized carbons (Fsp3) is 0.227. The second kappa shape index (κ2) is 9.22. The molecule has 0 saturated heterocycles. The van der Waals surface area contributed by atoms with E-state index in [1.807, 2.05) is 11.4 Å². The molecule has 2 aromatic carbocycles. The van der Waals surface area contributed by atoms with Crippen molar-refractivity contribution in [3.05, 3.63) is 63.8 Å². The number of H-pyrrole nitrogens is 1. The summed E-state index contributed by atoms with van der Waals surface area (Å²) >= 11 is 1.42. The van der Waals surface area contributed by atoms with Gasteiger partial charge in [0.05, 0.1) is 0 Å². The average molecular weight is 449 g/mol. The number of hydrogen-bond acceptors (Lipinski definition) is 4. The number of aromatic nitrogens is 1. The number of phenolic OH excluding ortho intramolecular Hbond substituents is 1. The zero-order valence-corrected chi connectivity index (χ0v) is 19.2. The van der Waals surface area contributed by atoms with E-state index >= 15 is 0 Å². The number of aromatic hydroxyl groups is 1. The van der Waals surface area contributed by atoms with E-state index in [0.29, 0.717) is 10.6 Å². The summed E-state index contributed by atoms with van der Waals surface area (Å²) in [7, 11) is 4.15. The number of nitrogens with one attached hydrogen (secondary N) is 1. The number of rotatable bonds is 4. The van der Waals surface area contributed by atoms with E-state index < -0.39 is 0 Å². The van der Waals surface area contributed by atoms with Crippen LogP contribution in [0.1, 0.15) is 18.4 Å². The standard InChI is InChI=1S/C22H22N2O2S.ClH.H2S/c1-13(12-24(2)3)14-4-6-15(7-5-14)19-18(25)9-8-17-20(19)16-10-11-27-21(16)22(26)23-17;;/h4-11,13,25H,12H2,1-3H3,(H,23,26);1H;1H2/t13-;;/m1../s1. The molecule has 0 amide bonds. The Morgan fingerprint density at radius 2 is 1.79 bits per heavy atom. The van der Waals surface area contributed by atoms with Crippen LogP contribution in [0, 0.1) is 0 Å². The highest BCUT2D eigenvalue weighted by atomic mass is 35.5. The first kappa shape index (κ1) is 23.3. The molecule has 0 saturated carbocycles. The molecule has 1 atom stereocenters. The third-order valence-electron chi connectivity index (χ3n) is 4.98. The number of nitrogens with zero attached hydrogens (tertiary/aromatic N) is 1. The highest BCUT2D eigenvalue weighted by Crippen LogP contribution is 2.39. The van der Waals surface area contributed by atoms with Crippen molar-refractivity contribution in [1.82, 2.24) is 9.88 Å². The zero-order chi connectivity index (χ0) is 19.1. The van der Waals surface area contributed by atoms with E-state index in [-0.39, 0.29) is 37.2 Å². The van der Waals surface area contributed by atoms with Crippen LogP contribution in [-0.2, 0) is 0 Å². The zero-order valence-electron chi connectivity index (χ0n) is 16.5. The van der Waals surface area contributed by atoms with Crippen molar-refractivity contribution in [2.75, 3.05) is 20.6 Å². The number of aromatic amines is 1. The fourth-order valence-electron chi connectivity index (χ4n) is 3.76. The Bertz CT molecular complexity index is 1180. The predicted molar refractivity (Wildman–Crippen MR) is 132 cm³/mol. The lowest BCUT2D eigenvalue weighted by molar-refractivity contribution is 0.383. The number of phenols is 1. The number of thiophene rings is 1. The lowest BCUT2D eigenvalue weighted by Crippen LogP contribution is -2.18. The number of likely N-dealkylation sites (N-methyl/N-ethyl adjacent to an activating group) is 1. The summed E-state index contributed by atoms with van der Waals surface area (Å²) in [5.74, 6) is 0.645. The summed E-state index contributed by atoms with van der Waals surface area (Å²) < 4.78 is 0.686. The average Bonchev–Trinajstić information content (AvgIpc) is 3.12. The minimum absolute atomic E-state index is 0. The van der Waals surface area contributed by atoms with Crippen molar-refractivity contribution in [3.63, 3.8) is 0 Å². The molecule has 0 aliphatic rings. The smallest absolute Gasteiger partial charge is 0.266 e. The van der Waals surface area contributed by atoms with Gasteiger partial charge in [-0.05, 0) is 54.7 Å². The molecule has 0 bridgehead atoms. The largest absolute Gasteiger partial charge is 0.507 e. The highest BCUT2D eigenvalue weighted by molar-refractivity contribution is 7.59. The van der Waals surface area contributed by atoms with E-state index in [0.717, 1.165) is 34.0 Å². The van der Waals surface area contributed by atoms with Crippen molar-refractivity contribution in [2.45, 2.75) is 12.8 Å². The Kier molecular flexibility index (Phi) is 7.40. The number of hydrogen-bond donors (Lipinski definition) is 2. The molecule has 2 aromatic heterocycles. The molecule has 2 heterocycles. The SMILES string of the molecule is C[C@H](CN(C)C)c1ccc(-c2c(O)ccc3[nH]c(=O)c4sccc4c23)cc1.Cl.S. The van der Waals surface area contributed by atoms with Crippen LogP contribution >= 0.6 is 37.2 Å². The first-order valence-electron chi connectivity index (χ1n) is 8.96. The van der Waals surface area contributed by atoms with E-state index in [4.69, 9.17) is 0 Å². The Hall–Kier alpha value is -1.99. The molecule has 4 aromatic rings. The van der Waals surface area contributed by atoms with E-state index in [9.17, 15) is 9.90 Å². The first-order valence-corrected chi connectivity index (χ1v) is 9.84. The van der Waals surface area contributed by atoms with Crippen molar-refractivity contribution >= 4 is 58.2 Å². The molecular weight excluding hydrogens is 424 g/mol. The first-order chi connectivity index (χ1) is 13.0. The molecule has 29 heavy (non-hydrogen) atoms. The van der Waals surface area contributed by atoms with Gasteiger partial charge >= 0.3 is 0 Å². The molecule has 0 fully saturated rings. The molecular formula is C22H25ClN2O2S2. The van der Waals surface area contributed by atoms with Gasteiger partial charge in [-0.2, -0.15) is 13.5 Å². The maximum atomic E-state index is 12.3. The Labute approximate surface area is 187 Å². The van der Waals surface area contributed by atoms with Crippen LogP contribution in [0.3, 0.4) is 0 Å². The van der Waals surface area contributed by atoms with Crippen LogP contribution in [0.4, 0.5) is 0 Å². The van der Waals surface area contributed by atoms with Gasteiger partial charge in [0.15, 0.2) is 0 Å². The van der Waals surface area contributed by atoms with Gasteiger partial charge in [-0.15, -0.1) is 23.7 Å². The second-order valence-electron chi connectivity index (χ2n) is 7.29. The van der Waals surface area contributed by atoms with E-state index in [2.05, 4.69) is 55.2 Å². The molecule has 0 aliphatic heterocycles. The van der Waals surface area contributed by atoms with Gasteiger partial charge in [-0.25, -0.2) is 0 Å². The second-order valence-corrected chi connectivity index (χ2v) is 8.20. The summed E-state index contributed by atoms with van der Waals surface area (Å²) in [5.41, 5.74) is 3.62. The van der Waals surface area contributed by atoms with Gasteiger partial charge in [-0.3, -0.25) is 4.79 Å². The highest BCUT2D eigenvalue weighted by Gasteiger charge is 2.16. The summed E-state index contributed by atoms with van der Waals surface area (Å²) in [6.07, 6.45) is 0. The van der Waals surface area contributed by atoms with Gasteiger partial charge in [0.25, 0.3) is 5.56 Å². The summed E-state index contributed by atoms with van der Waals surface area (Å²) in [4.78, 5) is 17.4. The third kappa shape index (κ3) is 4.31. The molecule has 2 N–H and O–H groups in total. The van der Waals surface area contributed by atoms with E-state index in [1.54, 1.807) is 12.1 Å². The quantitative estimate of drug-likeness (QED) is 0.444. The maximum Gasteiger partial charge on any atom is 0.266 e. The van der Waals surface area contributed by atoms with E-state index in [1.165, 1.54) is 16.9 Å². The van der Waals surface area contributed by atoms with Gasteiger partial charge in [0.2, 0.25) is 0 Å². The van der Waals surface area contributed by atoms with Crippen LogP contribution < -0.4 is 5.56 Å². The Balaban J connectivity index is 0.00000150. The van der Waals surface area contributed by atoms with Crippen LogP contribution in [-0.4, -0.2) is 35.6 Å². The summed E-state index contributed by atoms with van der Waals surface area (Å²) in [6.45, 7) is 3.19. The number of halogens is 1. The van der Waals surface area contributed by atoms with Crippen molar-refractivity contribution in [1.29, 1.82) is 0 Å². The molecule has 7 heteroatoms. The Morgan fingerprint density at radius 3 is 2.45 bits per heavy atom. The number of fused-ring (bicyclic) bond motifs is 3. The fourth-order valence-corrected chi connectivity index (χ4v) is 4.56. The van der Waals surface area contributed by atoms with Crippen LogP contribution in [0.5, 0.6) is 5.75 Å². The molecule has 0 unspecified atom stereocenters. The summed E-state index contributed by atoms with van der Waals surface area (Å²) in [6, 6.07) is 13.7. The molecule has 0 spiro atoms. The van der Waals surface area contributed by atoms with Crippen molar-refractivity contribution < 1.29 is 5.11 Å². The number of pyridine rings is 1. The minimum Gasteiger partial charge on any atom is -0.507 e. The van der Waals surface area contributed by atoms with Crippen molar-refractivity contribution in [2.24, 2.45) is 0 Å². The lowest BCUT2D eigenvalue weighted by Gasteiger charge is -2.18. The molecule has 4 rings (SSSR count). The van der Waals surface area contributed by atoms with Crippen LogP contribution in [0.15, 0.2) is 52.6 Å². The topological polar surface area (TPSA) is 56.3 Å². The van der Waals surface area contributed by atoms with Crippen LogP contribution in [0.25, 0.3) is 32.1 Å². The van der Waals surface area contributed by atoms with Gasteiger partial charge in [0, 0.05) is 28.4 Å². The van der Waals surface area contributed by atoms with Crippen LogP contribution in [0.2, 0.25) is 0 Å². The molecule has 0 radical (unpaired) electrons. The van der Waals surface area contributed by atoms with Gasteiger partial charge < -0.3 is 15.0 Å². The lowest BCUT2D eigenvalue weighted by atomic mass is 9.94. The molecule has 154 valence electrons. The monoisotopic (exact) mass is 448 g/mol. The molecule has 0 aliphatic carbocycles. The maximum absolute atomic E-state index is 12.3. The minimum atomic E-state index is -0.0861. The normalized spacial score (nSPS) is 12.0. The molecule has 4 nitrogen and oxygen atoms in total.